The van der Waals surface area contributed by atoms with Gasteiger partial charge in [0.1, 0.15) is 10.8 Å². The first-order valence-corrected chi connectivity index (χ1v) is 6.86. The molecule has 0 aliphatic carbocycles. The second-order valence-electron chi connectivity index (χ2n) is 4.43. The number of hydrogen-bond acceptors (Lipinski definition) is 3. The number of pyridine rings is 1. The Hall–Kier alpha value is -1.60. The first kappa shape index (κ1) is 15.8. The van der Waals surface area contributed by atoms with Crippen molar-refractivity contribution in [3.05, 3.63) is 53.5 Å². The van der Waals surface area contributed by atoms with Crippen LogP contribution in [0.2, 0.25) is 0 Å². The smallest absolute Gasteiger partial charge is 0.324 e. The molecule has 2 rings (SSSR count). The lowest BCUT2D eigenvalue weighted by Crippen LogP contribution is -2.09. The van der Waals surface area contributed by atoms with Gasteiger partial charge >= 0.3 is 6.18 Å². The van der Waals surface area contributed by atoms with Crippen LogP contribution < -0.4 is 5.73 Å². The minimum Gasteiger partial charge on any atom is -0.324 e. The van der Waals surface area contributed by atoms with Gasteiger partial charge in [0.2, 0.25) is 0 Å². The van der Waals surface area contributed by atoms with Gasteiger partial charge in [-0.2, -0.15) is 13.2 Å². The number of nitrogens with zero attached hydrogens (tertiary/aromatic N) is 1. The van der Waals surface area contributed by atoms with Gasteiger partial charge in [0, 0.05) is 22.7 Å². The van der Waals surface area contributed by atoms with Crippen LogP contribution in [0.5, 0.6) is 0 Å². The number of benzene rings is 1. The summed E-state index contributed by atoms with van der Waals surface area (Å²) in [6.45, 7) is 1.64. The van der Waals surface area contributed by atoms with Crippen LogP contribution in [0.4, 0.5) is 17.6 Å². The molecule has 0 spiro atoms. The highest BCUT2D eigenvalue weighted by molar-refractivity contribution is 7.99. The fraction of sp³-hybridized carbons (Fsp3) is 0.214. The minimum atomic E-state index is -4.42. The van der Waals surface area contributed by atoms with E-state index in [2.05, 4.69) is 4.98 Å². The minimum absolute atomic E-state index is 0.323. The molecule has 21 heavy (non-hydrogen) atoms. The molecular weight excluding hydrogens is 304 g/mol. The van der Waals surface area contributed by atoms with Gasteiger partial charge in [-0.25, -0.2) is 9.37 Å². The van der Waals surface area contributed by atoms with Gasteiger partial charge in [-0.1, -0.05) is 17.8 Å². The van der Waals surface area contributed by atoms with Crippen molar-refractivity contribution in [2.75, 3.05) is 0 Å². The summed E-state index contributed by atoms with van der Waals surface area (Å²) < 4.78 is 51.1. The predicted molar refractivity (Wildman–Crippen MR) is 72.4 cm³/mol. The van der Waals surface area contributed by atoms with Gasteiger partial charge in [-0.15, -0.1) is 0 Å². The summed E-state index contributed by atoms with van der Waals surface area (Å²) in [5.41, 5.74) is 5.23. The second-order valence-corrected chi connectivity index (χ2v) is 5.49. The SMILES string of the molecule is C[C@H](N)c1c(F)cccc1Sc1ccc(C(F)(F)F)cn1. The van der Waals surface area contributed by atoms with Crippen LogP contribution in [0.3, 0.4) is 0 Å². The molecule has 2 N–H and O–H groups in total. The Bertz CT molecular complexity index is 624. The van der Waals surface area contributed by atoms with Crippen LogP contribution in [0.1, 0.15) is 24.1 Å². The van der Waals surface area contributed by atoms with E-state index in [4.69, 9.17) is 5.73 Å². The van der Waals surface area contributed by atoms with E-state index < -0.39 is 23.6 Å². The summed E-state index contributed by atoms with van der Waals surface area (Å²) in [4.78, 5) is 4.29. The van der Waals surface area contributed by atoms with Crippen molar-refractivity contribution in [3.8, 4) is 0 Å². The molecule has 0 unspecified atom stereocenters. The predicted octanol–water partition coefficient (Wildman–Crippen LogP) is 4.41. The molecule has 0 fully saturated rings. The molecule has 0 saturated carbocycles. The lowest BCUT2D eigenvalue weighted by molar-refractivity contribution is -0.137. The highest BCUT2D eigenvalue weighted by Crippen LogP contribution is 2.34. The van der Waals surface area contributed by atoms with Crippen LogP contribution in [0.25, 0.3) is 0 Å². The van der Waals surface area contributed by atoms with E-state index in [-0.39, 0.29) is 0 Å². The van der Waals surface area contributed by atoms with Gasteiger partial charge in [0.25, 0.3) is 0 Å². The van der Waals surface area contributed by atoms with Gasteiger partial charge in [-0.3, -0.25) is 0 Å². The van der Waals surface area contributed by atoms with E-state index in [1.807, 2.05) is 0 Å². The third-order valence-corrected chi connectivity index (χ3v) is 3.77. The third kappa shape index (κ3) is 3.74. The first-order chi connectivity index (χ1) is 9.79. The zero-order chi connectivity index (χ0) is 15.6. The molecule has 0 aliphatic heterocycles. The summed E-state index contributed by atoms with van der Waals surface area (Å²) in [7, 11) is 0. The number of nitrogens with two attached hydrogens (primary N) is 1. The molecule has 0 amide bonds. The Morgan fingerprint density at radius 3 is 2.43 bits per heavy atom. The molecule has 0 radical (unpaired) electrons. The molecule has 112 valence electrons. The van der Waals surface area contributed by atoms with Crippen molar-refractivity contribution in [1.82, 2.24) is 4.98 Å². The van der Waals surface area contributed by atoms with Crippen molar-refractivity contribution in [2.45, 2.75) is 29.1 Å². The fourth-order valence-corrected chi connectivity index (χ4v) is 2.78. The van der Waals surface area contributed by atoms with E-state index in [0.717, 1.165) is 24.0 Å². The van der Waals surface area contributed by atoms with E-state index in [0.29, 0.717) is 15.5 Å². The molecule has 0 aliphatic rings. The number of halogens is 4. The number of aromatic nitrogens is 1. The molecular formula is C14H12F4N2S. The second kappa shape index (κ2) is 6.03. The molecule has 0 bridgehead atoms. The zero-order valence-corrected chi connectivity index (χ0v) is 11.8. The van der Waals surface area contributed by atoms with Crippen molar-refractivity contribution in [1.29, 1.82) is 0 Å². The average molecular weight is 316 g/mol. The van der Waals surface area contributed by atoms with Crippen molar-refractivity contribution in [3.63, 3.8) is 0 Å². The van der Waals surface area contributed by atoms with E-state index >= 15 is 0 Å². The normalized spacial score (nSPS) is 13.2. The zero-order valence-electron chi connectivity index (χ0n) is 11.0. The molecule has 1 aromatic carbocycles. The van der Waals surface area contributed by atoms with Gasteiger partial charge < -0.3 is 5.73 Å². The van der Waals surface area contributed by atoms with Crippen LogP contribution >= 0.6 is 11.8 Å². The number of alkyl halides is 3. The highest BCUT2D eigenvalue weighted by atomic mass is 32.2. The summed E-state index contributed by atoms with van der Waals surface area (Å²) in [6, 6.07) is 6.15. The van der Waals surface area contributed by atoms with Crippen LogP contribution in [-0.4, -0.2) is 4.98 Å². The topological polar surface area (TPSA) is 38.9 Å². The highest BCUT2D eigenvalue weighted by Gasteiger charge is 2.30. The fourth-order valence-electron chi connectivity index (χ4n) is 1.77. The monoisotopic (exact) mass is 316 g/mol. The van der Waals surface area contributed by atoms with Gasteiger partial charge in [0.05, 0.1) is 5.56 Å². The van der Waals surface area contributed by atoms with Gasteiger partial charge in [-0.05, 0) is 31.2 Å². The quantitative estimate of drug-likeness (QED) is 0.853. The standard InChI is InChI=1S/C14H12F4N2S/c1-8(19)13-10(15)3-2-4-11(13)21-12-6-5-9(7-20-12)14(16,17)18/h2-8H,19H2,1H3/t8-/m0/s1. The first-order valence-electron chi connectivity index (χ1n) is 6.04. The lowest BCUT2D eigenvalue weighted by atomic mass is 10.1. The van der Waals surface area contributed by atoms with Crippen LogP contribution in [-0.2, 0) is 6.18 Å². The molecule has 2 nitrogen and oxygen atoms in total. The molecule has 1 aromatic heterocycles. The van der Waals surface area contributed by atoms with Crippen LogP contribution in [0, 0.1) is 5.82 Å². The lowest BCUT2D eigenvalue weighted by Gasteiger charge is -2.13. The summed E-state index contributed by atoms with van der Waals surface area (Å²) in [6.07, 6.45) is -3.67. The number of rotatable bonds is 3. The maximum Gasteiger partial charge on any atom is 0.417 e. The summed E-state index contributed by atoms with van der Waals surface area (Å²) in [5.74, 6) is -0.443. The maximum atomic E-state index is 13.8. The molecule has 7 heteroatoms. The van der Waals surface area contributed by atoms with E-state index in [9.17, 15) is 17.6 Å². The van der Waals surface area contributed by atoms with Crippen molar-refractivity contribution in [2.24, 2.45) is 5.73 Å². The Kier molecular flexibility index (Phi) is 4.53. The Labute approximate surface area is 123 Å². The van der Waals surface area contributed by atoms with E-state index in [1.165, 1.54) is 18.2 Å². The van der Waals surface area contributed by atoms with Crippen LogP contribution in [0.15, 0.2) is 46.5 Å². The van der Waals surface area contributed by atoms with Crippen molar-refractivity contribution >= 4 is 11.8 Å². The summed E-state index contributed by atoms with van der Waals surface area (Å²) in [5, 5.41) is 0.343. The Morgan fingerprint density at radius 1 is 1.19 bits per heavy atom. The number of hydrogen-bond donors (Lipinski definition) is 1. The summed E-state index contributed by atoms with van der Waals surface area (Å²) >= 11 is 1.08. The molecule has 1 atom stereocenters. The molecule has 0 saturated heterocycles. The van der Waals surface area contributed by atoms with E-state index in [1.54, 1.807) is 13.0 Å². The molecule has 2 aromatic rings. The van der Waals surface area contributed by atoms with Crippen molar-refractivity contribution < 1.29 is 17.6 Å². The Morgan fingerprint density at radius 2 is 1.90 bits per heavy atom. The Balaban J connectivity index is 2.29. The maximum absolute atomic E-state index is 13.8. The van der Waals surface area contributed by atoms with Gasteiger partial charge in [0.15, 0.2) is 0 Å². The average Bonchev–Trinajstić information content (AvgIpc) is 2.38. The largest absolute Gasteiger partial charge is 0.417 e. The molecule has 1 heterocycles. The third-order valence-electron chi connectivity index (χ3n) is 2.75.